The lowest BCUT2D eigenvalue weighted by atomic mass is 9.81. The zero-order chi connectivity index (χ0) is 21.7. The summed E-state index contributed by atoms with van der Waals surface area (Å²) in [6, 6.07) is 1.22. The van der Waals surface area contributed by atoms with E-state index in [2.05, 4.69) is 43.8 Å². The van der Waals surface area contributed by atoms with E-state index >= 15 is 0 Å². The third kappa shape index (κ3) is 3.87. The van der Waals surface area contributed by atoms with Crippen LogP contribution in [0, 0.1) is 11.7 Å². The van der Waals surface area contributed by atoms with Crippen molar-refractivity contribution in [2.75, 3.05) is 0 Å². The van der Waals surface area contributed by atoms with Gasteiger partial charge in [-0.3, -0.25) is 4.98 Å². The highest BCUT2D eigenvalue weighted by Gasteiger charge is 2.41. The first-order valence-electron chi connectivity index (χ1n) is 11.1. The van der Waals surface area contributed by atoms with Crippen molar-refractivity contribution in [1.29, 1.82) is 0 Å². The van der Waals surface area contributed by atoms with Gasteiger partial charge < -0.3 is 14.1 Å². The Bertz CT molecular complexity index is 900. The number of hydrogen-bond acceptors (Lipinski definition) is 4. The molecule has 4 rings (SSSR count). The average Bonchev–Trinajstić information content (AvgIpc) is 3.24. The van der Waals surface area contributed by atoms with E-state index in [0.29, 0.717) is 23.8 Å². The van der Waals surface area contributed by atoms with Gasteiger partial charge in [0.1, 0.15) is 5.82 Å². The highest BCUT2D eigenvalue weighted by Crippen LogP contribution is 2.44. The SMILES string of the molecule is CC(C)(C)[Si](C)(C)OC1CCC(C(O)CC2c3nccc(F)c3-c3cncn32)CC1. The van der Waals surface area contributed by atoms with E-state index in [-0.39, 0.29) is 22.8 Å². The fourth-order valence-electron chi connectivity index (χ4n) is 4.67. The van der Waals surface area contributed by atoms with Gasteiger partial charge in [0.2, 0.25) is 0 Å². The molecule has 1 saturated carbocycles. The van der Waals surface area contributed by atoms with Gasteiger partial charge in [-0.1, -0.05) is 20.8 Å². The van der Waals surface area contributed by atoms with Crippen molar-refractivity contribution in [3.63, 3.8) is 0 Å². The number of aromatic nitrogens is 3. The van der Waals surface area contributed by atoms with E-state index in [1.165, 1.54) is 12.3 Å². The number of hydrogen-bond donors (Lipinski definition) is 1. The van der Waals surface area contributed by atoms with Crippen molar-refractivity contribution in [3.8, 4) is 11.3 Å². The largest absolute Gasteiger partial charge is 0.414 e. The predicted molar refractivity (Wildman–Crippen MR) is 118 cm³/mol. The molecular formula is C23H34FN3O2Si. The van der Waals surface area contributed by atoms with Crippen molar-refractivity contribution in [1.82, 2.24) is 14.5 Å². The molecule has 0 aromatic carbocycles. The van der Waals surface area contributed by atoms with Crippen LogP contribution in [0.4, 0.5) is 4.39 Å². The fourth-order valence-corrected chi connectivity index (χ4v) is 6.09. The Hall–Kier alpha value is -1.57. The summed E-state index contributed by atoms with van der Waals surface area (Å²) in [4.78, 5) is 8.64. The summed E-state index contributed by atoms with van der Waals surface area (Å²) in [6.45, 7) is 11.4. The van der Waals surface area contributed by atoms with Gasteiger partial charge in [-0.25, -0.2) is 9.37 Å². The molecule has 2 unspecified atom stereocenters. The summed E-state index contributed by atoms with van der Waals surface area (Å²) in [7, 11) is -1.76. The minimum atomic E-state index is -1.76. The molecule has 2 atom stereocenters. The minimum absolute atomic E-state index is 0.163. The summed E-state index contributed by atoms with van der Waals surface area (Å²) in [6.07, 6.45) is 9.23. The second kappa shape index (κ2) is 7.84. The molecule has 30 heavy (non-hydrogen) atoms. The van der Waals surface area contributed by atoms with Crippen LogP contribution >= 0.6 is 0 Å². The topological polar surface area (TPSA) is 60.2 Å². The van der Waals surface area contributed by atoms with E-state index < -0.39 is 14.4 Å². The number of imidazole rings is 1. The van der Waals surface area contributed by atoms with Crippen LogP contribution in [0.5, 0.6) is 0 Å². The number of fused-ring (bicyclic) bond motifs is 3. The monoisotopic (exact) mass is 431 g/mol. The summed E-state index contributed by atoms with van der Waals surface area (Å²) in [5, 5.41) is 11.3. The average molecular weight is 432 g/mol. The lowest BCUT2D eigenvalue weighted by Gasteiger charge is -2.41. The molecule has 5 nitrogen and oxygen atoms in total. The molecule has 2 aliphatic rings. The Morgan fingerprint density at radius 1 is 1.27 bits per heavy atom. The van der Waals surface area contributed by atoms with Gasteiger partial charge in [0.15, 0.2) is 8.32 Å². The quantitative estimate of drug-likeness (QED) is 0.651. The van der Waals surface area contributed by atoms with Gasteiger partial charge in [-0.05, 0) is 55.8 Å². The second-order valence-corrected chi connectivity index (χ2v) is 15.2. The van der Waals surface area contributed by atoms with Crippen LogP contribution in [0.1, 0.15) is 64.6 Å². The van der Waals surface area contributed by atoms with E-state index in [1.807, 2.05) is 4.57 Å². The predicted octanol–water partition coefficient (Wildman–Crippen LogP) is 5.32. The minimum Gasteiger partial charge on any atom is -0.414 e. The van der Waals surface area contributed by atoms with Crippen LogP contribution < -0.4 is 0 Å². The van der Waals surface area contributed by atoms with Crippen molar-refractivity contribution >= 4 is 8.32 Å². The third-order valence-electron chi connectivity index (χ3n) is 7.50. The lowest BCUT2D eigenvalue weighted by molar-refractivity contribution is 0.0362. The molecule has 0 bridgehead atoms. The van der Waals surface area contributed by atoms with Crippen molar-refractivity contribution in [3.05, 3.63) is 36.3 Å². The molecule has 2 aromatic rings. The first-order chi connectivity index (χ1) is 14.1. The standard InChI is InChI=1S/C23H34FN3O2Si/c1-23(2,3)30(4,5)29-16-8-6-15(7-9-16)20(28)12-18-22-21(17(24)10-11-26-22)19-13-25-14-27(18)19/h10-11,13-16,18,20,28H,6-9,12H2,1-5H3. The van der Waals surface area contributed by atoms with E-state index in [1.54, 1.807) is 12.5 Å². The summed E-state index contributed by atoms with van der Waals surface area (Å²) in [5.74, 6) is -0.0316. The number of pyridine rings is 1. The number of nitrogens with zero attached hydrogens (tertiary/aromatic N) is 3. The first-order valence-corrected chi connectivity index (χ1v) is 14.0. The molecule has 2 aromatic heterocycles. The number of halogens is 1. The van der Waals surface area contributed by atoms with Gasteiger partial charge in [-0.2, -0.15) is 0 Å². The molecule has 7 heteroatoms. The van der Waals surface area contributed by atoms with Crippen LogP contribution in [-0.2, 0) is 4.43 Å². The molecule has 0 saturated heterocycles. The Labute approximate surface area is 179 Å². The molecule has 164 valence electrons. The molecule has 0 spiro atoms. The summed E-state index contributed by atoms with van der Waals surface area (Å²) < 4.78 is 23.0. The number of aliphatic hydroxyl groups is 1. The Kier molecular flexibility index (Phi) is 5.66. The molecule has 1 aliphatic carbocycles. The maximum absolute atomic E-state index is 14.4. The smallest absolute Gasteiger partial charge is 0.192 e. The number of aliphatic hydroxyl groups excluding tert-OH is 1. The zero-order valence-corrected chi connectivity index (χ0v) is 19.7. The van der Waals surface area contributed by atoms with Crippen LogP contribution in [0.15, 0.2) is 24.8 Å². The molecule has 0 amide bonds. The molecule has 3 heterocycles. The van der Waals surface area contributed by atoms with Crippen LogP contribution in [0.2, 0.25) is 18.1 Å². The maximum Gasteiger partial charge on any atom is 0.192 e. The highest BCUT2D eigenvalue weighted by molar-refractivity contribution is 6.74. The van der Waals surface area contributed by atoms with Crippen LogP contribution in [0.25, 0.3) is 11.3 Å². The fraction of sp³-hybridized carbons (Fsp3) is 0.652. The Morgan fingerprint density at radius 2 is 1.97 bits per heavy atom. The van der Waals surface area contributed by atoms with Crippen molar-refractivity contribution < 1.29 is 13.9 Å². The molecule has 1 N–H and O–H groups in total. The summed E-state index contributed by atoms with van der Waals surface area (Å²) >= 11 is 0. The van der Waals surface area contributed by atoms with Crippen LogP contribution in [-0.4, -0.2) is 40.2 Å². The molecule has 0 radical (unpaired) electrons. The highest BCUT2D eigenvalue weighted by atomic mass is 28.4. The Balaban J connectivity index is 1.40. The van der Waals surface area contributed by atoms with Gasteiger partial charge >= 0.3 is 0 Å². The first kappa shape index (κ1) is 21.7. The van der Waals surface area contributed by atoms with Gasteiger partial charge in [-0.15, -0.1) is 0 Å². The Morgan fingerprint density at radius 3 is 2.63 bits per heavy atom. The van der Waals surface area contributed by atoms with Gasteiger partial charge in [0.05, 0.1) is 41.6 Å². The normalized spacial score (nSPS) is 25.1. The lowest BCUT2D eigenvalue weighted by Crippen LogP contribution is -2.45. The van der Waals surface area contributed by atoms with Gasteiger partial charge in [0.25, 0.3) is 0 Å². The van der Waals surface area contributed by atoms with Gasteiger partial charge in [0, 0.05) is 18.7 Å². The molecule has 1 fully saturated rings. The molecule has 1 aliphatic heterocycles. The molecular weight excluding hydrogens is 397 g/mol. The van der Waals surface area contributed by atoms with Crippen LogP contribution in [0.3, 0.4) is 0 Å². The maximum atomic E-state index is 14.4. The number of rotatable bonds is 5. The van der Waals surface area contributed by atoms with E-state index in [9.17, 15) is 9.50 Å². The van der Waals surface area contributed by atoms with Crippen molar-refractivity contribution in [2.45, 2.75) is 89.3 Å². The summed E-state index contributed by atoms with van der Waals surface area (Å²) in [5.41, 5.74) is 1.99. The van der Waals surface area contributed by atoms with E-state index in [4.69, 9.17) is 4.43 Å². The second-order valence-electron chi connectivity index (χ2n) is 10.5. The van der Waals surface area contributed by atoms with Crippen molar-refractivity contribution in [2.24, 2.45) is 5.92 Å². The van der Waals surface area contributed by atoms with E-state index in [0.717, 1.165) is 31.4 Å². The zero-order valence-electron chi connectivity index (χ0n) is 18.7. The third-order valence-corrected chi connectivity index (χ3v) is 12.0.